The topological polar surface area (TPSA) is 15.3 Å². The summed E-state index contributed by atoms with van der Waals surface area (Å²) in [5, 5.41) is 4.60. The molecule has 13 heavy (non-hydrogen) atoms. The van der Waals surface area contributed by atoms with Crippen LogP contribution in [0, 0.1) is 5.92 Å². The first kappa shape index (κ1) is 13.4. The van der Waals surface area contributed by atoms with Crippen LogP contribution in [0.3, 0.4) is 0 Å². The van der Waals surface area contributed by atoms with Crippen molar-refractivity contribution in [1.82, 2.24) is 10.2 Å². The molecule has 0 fully saturated rings. The van der Waals surface area contributed by atoms with Gasteiger partial charge in [-0.3, -0.25) is 0 Å². The Morgan fingerprint density at radius 3 is 2.31 bits per heavy atom. The molecule has 1 atom stereocenters. The summed E-state index contributed by atoms with van der Waals surface area (Å²) in [6, 6.07) is 0.613. The van der Waals surface area contributed by atoms with Crippen LogP contribution in [-0.2, 0) is 0 Å². The van der Waals surface area contributed by atoms with Gasteiger partial charge in [0.15, 0.2) is 0 Å². The molecule has 0 spiro atoms. The van der Waals surface area contributed by atoms with Gasteiger partial charge in [-0.25, -0.2) is 0 Å². The minimum absolute atomic E-state index is 0.613. The van der Waals surface area contributed by atoms with Gasteiger partial charge in [0.1, 0.15) is 0 Å². The molecule has 0 bridgehead atoms. The van der Waals surface area contributed by atoms with Crippen molar-refractivity contribution in [3.8, 4) is 0 Å². The van der Waals surface area contributed by atoms with Crippen molar-refractivity contribution in [1.29, 1.82) is 0 Å². The molecule has 0 radical (unpaired) electrons. The minimum Gasteiger partial charge on any atom is -0.313 e. The number of nitrogens with one attached hydrogen (secondary N) is 1. The normalized spacial score (nSPS) is 14.1. The van der Waals surface area contributed by atoms with Crippen LogP contribution >= 0.6 is 15.9 Å². The molecule has 80 valence electrons. The predicted molar refractivity (Wildman–Crippen MR) is 63.6 cm³/mol. The molecule has 1 N–H and O–H groups in total. The van der Waals surface area contributed by atoms with Gasteiger partial charge in [-0.05, 0) is 39.5 Å². The fraction of sp³-hybridized carbons (Fsp3) is 1.00. The van der Waals surface area contributed by atoms with Crippen LogP contribution < -0.4 is 5.32 Å². The van der Waals surface area contributed by atoms with Gasteiger partial charge in [-0.15, -0.1) is 0 Å². The Hall–Kier alpha value is 0.400. The molecular weight excluding hydrogens is 228 g/mol. The predicted octanol–water partition coefficient (Wildman–Crippen LogP) is 1.95. The largest absolute Gasteiger partial charge is 0.313 e. The van der Waals surface area contributed by atoms with Gasteiger partial charge in [0.25, 0.3) is 0 Å². The van der Waals surface area contributed by atoms with Crippen LogP contribution in [0.25, 0.3) is 0 Å². The first-order valence-corrected chi connectivity index (χ1v) is 6.14. The second-order valence-electron chi connectivity index (χ2n) is 4.12. The molecule has 0 saturated heterocycles. The highest BCUT2D eigenvalue weighted by Crippen LogP contribution is 2.04. The van der Waals surface area contributed by atoms with E-state index in [-0.39, 0.29) is 0 Å². The van der Waals surface area contributed by atoms with E-state index in [9.17, 15) is 0 Å². The molecule has 3 heteroatoms. The van der Waals surface area contributed by atoms with E-state index in [2.05, 4.69) is 54.1 Å². The molecule has 1 unspecified atom stereocenters. The van der Waals surface area contributed by atoms with Crippen molar-refractivity contribution in [2.45, 2.75) is 26.3 Å². The number of rotatable bonds is 7. The summed E-state index contributed by atoms with van der Waals surface area (Å²) < 4.78 is 0. The lowest BCUT2D eigenvalue weighted by Crippen LogP contribution is -2.36. The highest BCUT2D eigenvalue weighted by molar-refractivity contribution is 9.09. The molecular formula is C10H23BrN2. The van der Waals surface area contributed by atoms with Crippen LogP contribution in [0.4, 0.5) is 0 Å². The van der Waals surface area contributed by atoms with E-state index in [0.29, 0.717) is 12.0 Å². The smallest absolute Gasteiger partial charge is 0.0188 e. The SMILES string of the molecule is CC(C)C(CBr)NCCCN(C)C. The van der Waals surface area contributed by atoms with Crippen LogP contribution in [0.15, 0.2) is 0 Å². The molecule has 0 saturated carbocycles. The molecule has 0 heterocycles. The van der Waals surface area contributed by atoms with Gasteiger partial charge < -0.3 is 10.2 Å². The molecule has 0 aromatic carbocycles. The second kappa shape index (κ2) is 7.77. The Bertz CT molecular complexity index is 115. The summed E-state index contributed by atoms with van der Waals surface area (Å²) in [5.41, 5.74) is 0. The lowest BCUT2D eigenvalue weighted by Gasteiger charge is -2.20. The van der Waals surface area contributed by atoms with E-state index in [4.69, 9.17) is 0 Å². The van der Waals surface area contributed by atoms with Crippen molar-refractivity contribution in [2.75, 3.05) is 32.5 Å². The molecule has 2 nitrogen and oxygen atoms in total. The van der Waals surface area contributed by atoms with Gasteiger partial charge >= 0.3 is 0 Å². The van der Waals surface area contributed by atoms with Gasteiger partial charge in [-0.2, -0.15) is 0 Å². The van der Waals surface area contributed by atoms with Crippen LogP contribution in [0.2, 0.25) is 0 Å². The standard InChI is InChI=1S/C10H23BrN2/c1-9(2)10(8-11)12-6-5-7-13(3)4/h9-10,12H,5-8H2,1-4H3. The Kier molecular flexibility index (Phi) is 8.01. The average molecular weight is 251 g/mol. The molecule has 0 aliphatic heterocycles. The van der Waals surface area contributed by atoms with Crippen molar-refractivity contribution in [3.63, 3.8) is 0 Å². The number of halogens is 1. The first-order chi connectivity index (χ1) is 6.07. The third kappa shape index (κ3) is 7.47. The molecule has 0 amide bonds. The van der Waals surface area contributed by atoms with Crippen LogP contribution in [0.5, 0.6) is 0 Å². The molecule has 0 aromatic heterocycles. The molecule has 0 aliphatic rings. The summed E-state index contributed by atoms with van der Waals surface area (Å²) in [6.07, 6.45) is 1.23. The van der Waals surface area contributed by atoms with Crippen molar-refractivity contribution >= 4 is 15.9 Å². The first-order valence-electron chi connectivity index (χ1n) is 5.02. The summed E-state index contributed by atoms with van der Waals surface area (Å²) in [7, 11) is 4.23. The Morgan fingerprint density at radius 2 is 1.92 bits per heavy atom. The highest BCUT2D eigenvalue weighted by Gasteiger charge is 2.09. The zero-order chi connectivity index (χ0) is 10.3. The van der Waals surface area contributed by atoms with E-state index in [1.807, 2.05) is 0 Å². The lowest BCUT2D eigenvalue weighted by atomic mass is 10.1. The lowest BCUT2D eigenvalue weighted by molar-refractivity contribution is 0.373. The Labute approximate surface area is 91.2 Å². The van der Waals surface area contributed by atoms with Crippen LogP contribution in [-0.4, -0.2) is 43.5 Å². The molecule has 0 aromatic rings. The average Bonchev–Trinajstić information content (AvgIpc) is 2.03. The molecule has 0 aliphatic carbocycles. The van der Waals surface area contributed by atoms with Gasteiger partial charge in [0.05, 0.1) is 0 Å². The quantitative estimate of drug-likeness (QED) is 0.549. The number of hydrogen-bond donors (Lipinski definition) is 1. The van der Waals surface area contributed by atoms with E-state index in [1.165, 1.54) is 13.0 Å². The minimum atomic E-state index is 0.613. The summed E-state index contributed by atoms with van der Waals surface area (Å²) in [6.45, 7) is 6.79. The Balaban J connectivity index is 3.39. The summed E-state index contributed by atoms with van der Waals surface area (Å²) >= 11 is 3.52. The fourth-order valence-corrected chi connectivity index (χ4v) is 2.13. The fourth-order valence-electron chi connectivity index (χ4n) is 1.15. The van der Waals surface area contributed by atoms with Crippen molar-refractivity contribution in [3.05, 3.63) is 0 Å². The zero-order valence-corrected chi connectivity index (χ0v) is 10.9. The number of hydrogen-bond acceptors (Lipinski definition) is 2. The van der Waals surface area contributed by atoms with Crippen molar-refractivity contribution in [2.24, 2.45) is 5.92 Å². The zero-order valence-electron chi connectivity index (χ0n) is 9.31. The maximum atomic E-state index is 3.55. The number of alkyl halides is 1. The third-order valence-corrected chi connectivity index (χ3v) is 2.86. The van der Waals surface area contributed by atoms with E-state index >= 15 is 0 Å². The third-order valence-electron chi connectivity index (χ3n) is 2.16. The number of nitrogens with zero attached hydrogens (tertiary/aromatic N) is 1. The van der Waals surface area contributed by atoms with Gasteiger partial charge in [-0.1, -0.05) is 29.8 Å². The van der Waals surface area contributed by atoms with Crippen molar-refractivity contribution < 1.29 is 0 Å². The monoisotopic (exact) mass is 250 g/mol. The van der Waals surface area contributed by atoms with Crippen LogP contribution in [0.1, 0.15) is 20.3 Å². The maximum absolute atomic E-state index is 3.55. The maximum Gasteiger partial charge on any atom is 0.0188 e. The highest BCUT2D eigenvalue weighted by atomic mass is 79.9. The van der Waals surface area contributed by atoms with Gasteiger partial charge in [0, 0.05) is 11.4 Å². The summed E-state index contributed by atoms with van der Waals surface area (Å²) in [4.78, 5) is 2.22. The Morgan fingerprint density at radius 1 is 1.31 bits per heavy atom. The van der Waals surface area contributed by atoms with E-state index in [0.717, 1.165) is 11.9 Å². The van der Waals surface area contributed by atoms with E-state index < -0.39 is 0 Å². The second-order valence-corrected chi connectivity index (χ2v) is 4.76. The molecule has 0 rings (SSSR count). The van der Waals surface area contributed by atoms with E-state index in [1.54, 1.807) is 0 Å². The summed E-state index contributed by atoms with van der Waals surface area (Å²) in [5.74, 6) is 0.707. The van der Waals surface area contributed by atoms with Gasteiger partial charge in [0.2, 0.25) is 0 Å².